The van der Waals surface area contributed by atoms with Gasteiger partial charge in [-0.1, -0.05) is 32.8 Å². The summed E-state index contributed by atoms with van der Waals surface area (Å²) in [4.78, 5) is 3.54. The second-order valence-electron chi connectivity index (χ2n) is 4.72. The average molecular weight is 260 g/mol. The number of nitrogens with one attached hydrogen (secondary N) is 1. The van der Waals surface area contributed by atoms with E-state index in [4.69, 9.17) is 0 Å². The van der Waals surface area contributed by atoms with Crippen LogP contribution >= 0.6 is 0 Å². The van der Waals surface area contributed by atoms with Crippen LogP contribution in [0.1, 0.15) is 38.8 Å². The molecule has 0 amide bonds. The molecular formula is C13H19F3N2. The highest BCUT2D eigenvalue weighted by Gasteiger charge is 2.32. The summed E-state index contributed by atoms with van der Waals surface area (Å²) in [5.41, 5.74) is -0.852. The number of hydrogen-bond donors (Lipinski definition) is 1. The number of aromatic nitrogens is 1. The standard InChI is InChI=1S/C13H19F3N2/c1-10(2)6-3-4-9-17-12-8-5-7-11(18-12)13(14,15)16/h5,7-8,10H,3-4,6,9H2,1-2H3,(H,17,18). The maximum absolute atomic E-state index is 12.4. The lowest BCUT2D eigenvalue weighted by atomic mass is 10.1. The van der Waals surface area contributed by atoms with E-state index in [9.17, 15) is 13.2 Å². The van der Waals surface area contributed by atoms with E-state index in [1.807, 2.05) is 0 Å². The topological polar surface area (TPSA) is 24.9 Å². The van der Waals surface area contributed by atoms with Crippen molar-refractivity contribution in [2.24, 2.45) is 5.92 Å². The number of unbranched alkanes of at least 4 members (excludes halogenated alkanes) is 1. The zero-order valence-corrected chi connectivity index (χ0v) is 10.7. The summed E-state index contributed by atoms with van der Waals surface area (Å²) in [7, 11) is 0. The Morgan fingerprint density at radius 1 is 1.22 bits per heavy atom. The Bertz CT molecular complexity index is 361. The second kappa shape index (κ2) is 6.61. The molecule has 102 valence electrons. The lowest BCUT2D eigenvalue weighted by molar-refractivity contribution is -0.141. The van der Waals surface area contributed by atoms with Gasteiger partial charge in [0.1, 0.15) is 11.5 Å². The minimum Gasteiger partial charge on any atom is -0.370 e. The Morgan fingerprint density at radius 3 is 2.56 bits per heavy atom. The molecule has 0 saturated heterocycles. The molecule has 0 unspecified atom stereocenters. The van der Waals surface area contributed by atoms with Gasteiger partial charge in [-0.15, -0.1) is 0 Å². The Kier molecular flexibility index (Phi) is 5.44. The predicted octanol–water partition coefficient (Wildman–Crippen LogP) is 4.34. The molecule has 0 aliphatic heterocycles. The molecule has 2 nitrogen and oxygen atoms in total. The van der Waals surface area contributed by atoms with Crippen molar-refractivity contribution in [3.63, 3.8) is 0 Å². The van der Waals surface area contributed by atoms with Crippen molar-refractivity contribution in [1.82, 2.24) is 4.98 Å². The van der Waals surface area contributed by atoms with Gasteiger partial charge in [0.25, 0.3) is 0 Å². The van der Waals surface area contributed by atoms with Gasteiger partial charge in [0.15, 0.2) is 0 Å². The summed E-state index contributed by atoms with van der Waals surface area (Å²) in [5, 5.41) is 2.92. The number of pyridine rings is 1. The van der Waals surface area contributed by atoms with Crippen molar-refractivity contribution in [3.05, 3.63) is 23.9 Å². The van der Waals surface area contributed by atoms with E-state index in [0.717, 1.165) is 25.3 Å². The fraction of sp³-hybridized carbons (Fsp3) is 0.615. The maximum atomic E-state index is 12.4. The first-order valence-corrected chi connectivity index (χ1v) is 6.17. The number of rotatable bonds is 6. The SMILES string of the molecule is CC(C)CCCCNc1cccc(C(F)(F)F)n1. The van der Waals surface area contributed by atoms with E-state index in [1.165, 1.54) is 6.07 Å². The van der Waals surface area contributed by atoms with Crippen molar-refractivity contribution < 1.29 is 13.2 Å². The molecule has 0 aliphatic carbocycles. The van der Waals surface area contributed by atoms with E-state index < -0.39 is 11.9 Å². The van der Waals surface area contributed by atoms with Crippen LogP contribution in [0.3, 0.4) is 0 Å². The fourth-order valence-corrected chi connectivity index (χ4v) is 1.59. The van der Waals surface area contributed by atoms with E-state index in [1.54, 1.807) is 6.07 Å². The van der Waals surface area contributed by atoms with Gasteiger partial charge in [0.05, 0.1) is 0 Å². The molecule has 0 aliphatic rings. The van der Waals surface area contributed by atoms with Crippen LogP contribution in [-0.2, 0) is 6.18 Å². The zero-order valence-electron chi connectivity index (χ0n) is 10.7. The second-order valence-corrected chi connectivity index (χ2v) is 4.72. The number of anilines is 1. The third-order valence-electron chi connectivity index (χ3n) is 2.55. The van der Waals surface area contributed by atoms with Crippen LogP contribution < -0.4 is 5.32 Å². The molecule has 1 aromatic heterocycles. The van der Waals surface area contributed by atoms with Gasteiger partial charge < -0.3 is 5.32 Å². The molecule has 1 aromatic rings. The lowest BCUT2D eigenvalue weighted by Crippen LogP contribution is -2.10. The quantitative estimate of drug-likeness (QED) is 0.770. The summed E-state index contributed by atoms with van der Waals surface area (Å²) in [5.74, 6) is 0.950. The third-order valence-corrected chi connectivity index (χ3v) is 2.55. The van der Waals surface area contributed by atoms with Gasteiger partial charge in [0.2, 0.25) is 0 Å². The summed E-state index contributed by atoms with van der Waals surface area (Å²) in [6, 6.07) is 3.90. The molecule has 1 N–H and O–H groups in total. The maximum Gasteiger partial charge on any atom is 0.433 e. The van der Waals surface area contributed by atoms with Crippen molar-refractivity contribution >= 4 is 5.82 Å². The minimum atomic E-state index is -4.38. The normalized spacial score (nSPS) is 11.9. The van der Waals surface area contributed by atoms with Crippen molar-refractivity contribution in [1.29, 1.82) is 0 Å². The molecular weight excluding hydrogens is 241 g/mol. The molecule has 0 fully saturated rings. The Labute approximate surface area is 106 Å². The van der Waals surface area contributed by atoms with Crippen LogP contribution in [0.15, 0.2) is 18.2 Å². The smallest absolute Gasteiger partial charge is 0.370 e. The highest BCUT2D eigenvalue weighted by molar-refractivity contribution is 5.35. The van der Waals surface area contributed by atoms with Crippen LogP contribution in [0.4, 0.5) is 19.0 Å². The largest absolute Gasteiger partial charge is 0.433 e. The average Bonchev–Trinajstić information content (AvgIpc) is 2.27. The molecule has 0 bridgehead atoms. The van der Waals surface area contributed by atoms with Gasteiger partial charge >= 0.3 is 6.18 Å². The molecule has 0 aromatic carbocycles. The number of hydrogen-bond acceptors (Lipinski definition) is 2. The van der Waals surface area contributed by atoms with Gasteiger partial charge in [0, 0.05) is 6.54 Å². The van der Waals surface area contributed by atoms with Crippen molar-refractivity contribution in [2.45, 2.75) is 39.3 Å². The Hall–Kier alpha value is -1.26. The molecule has 0 atom stereocenters. The Balaban J connectivity index is 2.39. The predicted molar refractivity (Wildman–Crippen MR) is 66.4 cm³/mol. The number of halogens is 3. The molecule has 18 heavy (non-hydrogen) atoms. The van der Waals surface area contributed by atoms with Crippen LogP contribution in [0.5, 0.6) is 0 Å². The first-order chi connectivity index (χ1) is 8.39. The van der Waals surface area contributed by atoms with E-state index in [-0.39, 0.29) is 5.82 Å². The zero-order chi connectivity index (χ0) is 13.6. The highest BCUT2D eigenvalue weighted by atomic mass is 19.4. The molecule has 0 radical (unpaired) electrons. The fourth-order valence-electron chi connectivity index (χ4n) is 1.59. The van der Waals surface area contributed by atoms with Gasteiger partial charge in [-0.2, -0.15) is 13.2 Å². The van der Waals surface area contributed by atoms with E-state index >= 15 is 0 Å². The summed E-state index contributed by atoms with van der Waals surface area (Å²) >= 11 is 0. The number of alkyl halides is 3. The molecule has 0 spiro atoms. The summed E-state index contributed by atoms with van der Waals surface area (Å²) in [6.07, 6.45) is -1.23. The molecule has 0 saturated carbocycles. The monoisotopic (exact) mass is 260 g/mol. The number of nitrogens with zero attached hydrogens (tertiary/aromatic N) is 1. The van der Waals surface area contributed by atoms with Crippen molar-refractivity contribution in [2.75, 3.05) is 11.9 Å². The van der Waals surface area contributed by atoms with Crippen LogP contribution in [0, 0.1) is 5.92 Å². The van der Waals surface area contributed by atoms with E-state index in [2.05, 4.69) is 24.1 Å². The van der Waals surface area contributed by atoms with Crippen LogP contribution in [-0.4, -0.2) is 11.5 Å². The third kappa shape index (κ3) is 5.38. The summed E-state index contributed by atoms with van der Waals surface area (Å²) < 4.78 is 37.2. The van der Waals surface area contributed by atoms with E-state index in [0.29, 0.717) is 12.5 Å². The van der Waals surface area contributed by atoms with Crippen LogP contribution in [0.2, 0.25) is 0 Å². The van der Waals surface area contributed by atoms with Gasteiger partial charge in [-0.05, 0) is 24.5 Å². The minimum absolute atomic E-state index is 0.286. The molecule has 1 rings (SSSR count). The molecule has 5 heteroatoms. The van der Waals surface area contributed by atoms with Crippen molar-refractivity contribution in [3.8, 4) is 0 Å². The molecule has 1 heterocycles. The summed E-state index contributed by atoms with van der Waals surface area (Å²) in [6.45, 7) is 4.96. The first kappa shape index (κ1) is 14.8. The van der Waals surface area contributed by atoms with Crippen LogP contribution in [0.25, 0.3) is 0 Å². The van der Waals surface area contributed by atoms with Gasteiger partial charge in [-0.3, -0.25) is 0 Å². The highest BCUT2D eigenvalue weighted by Crippen LogP contribution is 2.28. The first-order valence-electron chi connectivity index (χ1n) is 6.17. The Morgan fingerprint density at radius 2 is 1.94 bits per heavy atom. The lowest BCUT2D eigenvalue weighted by Gasteiger charge is -2.09. The van der Waals surface area contributed by atoms with Gasteiger partial charge in [-0.25, -0.2) is 4.98 Å².